The topological polar surface area (TPSA) is 29.5 Å². The quantitative estimate of drug-likeness (QED) is 0.716. The summed E-state index contributed by atoms with van der Waals surface area (Å²) in [7, 11) is 0. The van der Waals surface area contributed by atoms with E-state index >= 15 is 0 Å². The first-order chi connectivity index (χ1) is 12.4. The molecule has 1 aliphatic rings. The lowest BCUT2D eigenvalue weighted by molar-refractivity contribution is -0.00681. The van der Waals surface area contributed by atoms with Crippen LogP contribution in [0.4, 0.5) is 8.78 Å². The molecule has 0 aliphatic carbocycles. The minimum Gasteiger partial charge on any atom is -0.372 e. The number of hydrogen-bond donors (Lipinski definition) is 0. The summed E-state index contributed by atoms with van der Waals surface area (Å²) in [5.74, 6) is -1.96. The van der Waals surface area contributed by atoms with E-state index in [0.717, 1.165) is 25.0 Å². The molecule has 0 radical (unpaired) electrons. The fourth-order valence-corrected chi connectivity index (χ4v) is 3.42. The van der Waals surface area contributed by atoms with Crippen molar-refractivity contribution in [3.8, 4) is 0 Å². The van der Waals surface area contributed by atoms with Gasteiger partial charge in [-0.25, -0.2) is 8.78 Å². The van der Waals surface area contributed by atoms with Gasteiger partial charge >= 0.3 is 0 Å². The molecule has 1 fully saturated rings. The van der Waals surface area contributed by atoms with E-state index in [1.54, 1.807) is 17.0 Å². The number of ether oxygens (including phenoxy) is 1. The van der Waals surface area contributed by atoms with E-state index in [4.69, 9.17) is 27.9 Å². The van der Waals surface area contributed by atoms with Crippen LogP contribution in [0.15, 0.2) is 36.4 Å². The molecule has 1 saturated heterocycles. The molecule has 1 amide bonds. The summed E-state index contributed by atoms with van der Waals surface area (Å²) in [6, 6.07) is 8.46. The highest BCUT2D eigenvalue weighted by molar-refractivity contribution is 6.36. The summed E-state index contributed by atoms with van der Waals surface area (Å²) in [4.78, 5) is 14.4. The standard InChI is InChI=1S/C19H17Cl2F2NO2/c20-13-4-5-15(16(21)9-13)19(25)24-7-1-2-14(10-24)26-11-12-3-6-17(22)18(23)8-12/h3-6,8-9,14H,1-2,7,10-11H2. The van der Waals surface area contributed by atoms with E-state index in [1.807, 2.05) is 0 Å². The third-order valence-corrected chi connectivity index (χ3v) is 4.84. The van der Waals surface area contributed by atoms with E-state index in [0.29, 0.717) is 34.3 Å². The van der Waals surface area contributed by atoms with Gasteiger partial charge in [0, 0.05) is 18.1 Å². The van der Waals surface area contributed by atoms with Crippen molar-refractivity contribution in [2.45, 2.75) is 25.6 Å². The minimum absolute atomic E-state index is 0.158. The van der Waals surface area contributed by atoms with Gasteiger partial charge in [0.2, 0.25) is 0 Å². The van der Waals surface area contributed by atoms with Gasteiger partial charge in [-0.1, -0.05) is 29.3 Å². The third kappa shape index (κ3) is 4.53. The van der Waals surface area contributed by atoms with Crippen molar-refractivity contribution < 1.29 is 18.3 Å². The van der Waals surface area contributed by atoms with Crippen molar-refractivity contribution in [3.63, 3.8) is 0 Å². The second kappa shape index (κ2) is 8.33. The first kappa shape index (κ1) is 19.1. The Morgan fingerprint density at radius 2 is 1.96 bits per heavy atom. The van der Waals surface area contributed by atoms with Crippen molar-refractivity contribution in [1.29, 1.82) is 0 Å². The maximum Gasteiger partial charge on any atom is 0.255 e. The number of carbonyl (C=O) groups is 1. The maximum atomic E-state index is 13.3. The van der Waals surface area contributed by atoms with E-state index < -0.39 is 11.6 Å². The molecular weight excluding hydrogens is 383 g/mol. The zero-order chi connectivity index (χ0) is 18.7. The highest BCUT2D eigenvalue weighted by Crippen LogP contribution is 2.24. The molecule has 3 rings (SSSR count). The predicted molar refractivity (Wildman–Crippen MR) is 96.5 cm³/mol. The van der Waals surface area contributed by atoms with Gasteiger partial charge in [-0.3, -0.25) is 4.79 Å². The van der Waals surface area contributed by atoms with Crippen LogP contribution < -0.4 is 0 Å². The molecule has 0 saturated carbocycles. The SMILES string of the molecule is O=C(c1ccc(Cl)cc1Cl)N1CCCC(OCc2ccc(F)c(F)c2)C1. The Kier molecular flexibility index (Phi) is 6.12. The van der Waals surface area contributed by atoms with Gasteiger partial charge in [-0.15, -0.1) is 0 Å². The van der Waals surface area contributed by atoms with Gasteiger partial charge in [0.05, 0.1) is 23.3 Å². The number of carbonyl (C=O) groups excluding carboxylic acids is 1. The second-order valence-electron chi connectivity index (χ2n) is 6.20. The van der Waals surface area contributed by atoms with E-state index in [1.165, 1.54) is 12.1 Å². The molecule has 2 aromatic rings. The van der Waals surface area contributed by atoms with Crippen LogP contribution in [-0.2, 0) is 11.3 Å². The molecule has 1 aliphatic heterocycles. The van der Waals surface area contributed by atoms with Crippen molar-refractivity contribution >= 4 is 29.1 Å². The predicted octanol–water partition coefficient (Wildman–Crippen LogP) is 5.09. The summed E-state index contributed by atoms with van der Waals surface area (Å²) in [6.07, 6.45) is 1.41. The summed E-state index contributed by atoms with van der Waals surface area (Å²) in [6.45, 7) is 1.19. The third-order valence-electron chi connectivity index (χ3n) is 4.30. The Balaban J connectivity index is 1.61. The highest BCUT2D eigenvalue weighted by Gasteiger charge is 2.26. The smallest absolute Gasteiger partial charge is 0.255 e. The van der Waals surface area contributed by atoms with Crippen LogP contribution in [0.1, 0.15) is 28.8 Å². The van der Waals surface area contributed by atoms with Gasteiger partial charge in [0.1, 0.15) is 0 Å². The van der Waals surface area contributed by atoms with Gasteiger partial charge in [0.15, 0.2) is 11.6 Å². The number of benzene rings is 2. The number of halogens is 4. The molecule has 138 valence electrons. The average Bonchev–Trinajstić information content (AvgIpc) is 2.62. The fourth-order valence-electron chi connectivity index (χ4n) is 2.94. The van der Waals surface area contributed by atoms with Gasteiger partial charge in [-0.2, -0.15) is 0 Å². The first-order valence-corrected chi connectivity index (χ1v) is 8.99. The molecule has 26 heavy (non-hydrogen) atoms. The monoisotopic (exact) mass is 399 g/mol. The average molecular weight is 400 g/mol. The normalized spacial score (nSPS) is 17.4. The molecular formula is C19H17Cl2F2NO2. The number of rotatable bonds is 4. The molecule has 2 aromatic carbocycles. The zero-order valence-corrected chi connectivity index (χ0v) is 15.4. The van der Waals surface area contributed by atoms with Crippen LogP contribution in [0.3, 0.4) is 0 Å². The Labute approximate surface area is 160 Å². The second-order valence-corrected chi connectivity index (χ2v) is 7.04. The molecule has 1 atom stereocenters. The Morgan fingerprint density at radius 1 is 1.15 bits per heavy atom. The molecule has 1 unspecified atom stereocenters. The lowest BCUT2D eigenvalue weighted by atomic mass is 10.1. The fraction of sp³-hybridized carbons (Fsp3) is 0.316. The van der Waals surface area contributed by atoms with Crippen molar-refractivity contribution in [3.05, 3.63) is 69.2 Å². The summed E-state index contributed by atoms with van der Waals surface area (Å²) < 4.78 is 32.0. The van der Waals surface area contributed by atoms with Crippen molar-refractivity contribution in [2.24, 2.45) is 0 Å². The summed E-state index contributed by atoms with van der Waals surface area (Å²) in [5, 5.41) is 0.783. The van der Waals surface area contributed by atoms with Crippen LogP contribution in [0, 0.1) is 11.6 Å². The summed E-state index contributed by atoms with van der Waals surface area (Å²) >= 11 is 12.0. The summed E-state index contributed by atoms with van der Waals surface area (Å²) in [5.41, 5.74) is 0.949. The lowest BCUT2D eigenvalue weighted by Gasteiger charge is -2.33. The van der Waals surface area contributed by atoms with Crippen molar-refractivity contribution in [2.75, 3.05) is 13.1 Å². The Morgan fingerprint density at radius 3 is 2.69 bits per heavy atom. The van der Waals surface area contributed by atoms with E-state index in [9.17, 15) is 13.6 Å². The lowest BCUT2D eigenvalue weighted by Crippen LogP contribution is -2.43. The zero-order valence-electron chi connectivity index (χ0n) is 13.9. The first-order valence-electron chi connectivity index (χ1n) is 8.24. The Bertz CT molecular complexity index is 816. The van der Waals surface area contributed by atoms with Crippen LogP contribution in [0.5, 0.6) is 0 Å². The molecule has 7 heteroatoms. The maximum absolute atomic E-state index is 13.3. The number of amides is 1. The molecule has 0 bridgehead atoms. The van der Waals surface area contributed by atoms with Crippen LogP contribution >= 0.6 is 23.2 Å². The van der Waals surface area contributed by atoms with Crippen LogP contribution in [0.25, 0.3) is 0 Å². The van der Waals surface area contributed by atoms with Crippen LogP contribution in [0.2, 0.25) is 10.0 Å². The number of nitrogens with zero attached hydrogens (tertiary/aromatic N) is 1. The minimum atomic E-state index is -0.899. The molecule has 3 nitrogen and oxygen atoms in total. The largest absolute Gasteiger partial charge is 0.372 e. The van der Waals surface area contributed by atoms with E-state index in [-0.39, 0.29) is 18.6 Å². The number of likely N-dealkylation sites (tertiary alicyclic amines) is 1. The van der Waals surface area contributed by atoms with Crippen LogP contribution in [-0.4, -0.2) is 30.0 Å². The highest BCUT2D eigenvalue weighted by atomic mass is 35.5. The van der Waals surface area contributed by atoms with Gasteiger partial charge in [0.25, 0.3) is 5.91 Å². The number of hydrogen-bond acceptors (Lipinski definition) is 2. The molecule has 0 spiro atoms. The molecule has 0 N–H and O–H groups in total. The molecule has 0 aromatic heterocycles. The van der Waals surface area contributed by atoms with E-state index in [2.05, 4.69) is 0 Å². The van der Waals surface area contributed by atoms with Crippen molar-refractivity contribution in [1.82, 2.24) is 4.90 Å². The van der Waals surface area contributed by atoms with Gasteiger partial charge < -0.3 is 9.64 Å². The number of piperidine rings is 1. The van der Waals surface area contributed by atoms with Gasteiger partial charge in [-0.05, 0) is 48.7 Å². The Hall–Kier alpha value is -1.69. The molecule has 1 heterocycles.